The fourth-order valence-electron chi connectivity index (χ4n) is 3.89. The maximum atomic E-state index is 12.6. The summed E-state index contributed by atoms with van der Waals surface area (Å²) < 4.78 is 2.27. The molecular formula is C19H26ClN5O. The van der Waals surface area contributed by atoms with Crippen LogP contribution in [0.25, 0.3) is 0 Å². The van der Waals surface area contributed by atoms with E-state index in [1.54, 1.807) is 0 Å². The van der Waals surface area contributed by atoms with Crippen LogP contribution < -0.4 is 5.32 Å². The number of rotatable bonds is 3. The molecular weight excluding hydrogens is 350 g/mol. The van der Waals surface area contributed by atoms with Gasteiger partial charge in [-0.2, -0.15) is 0 Å². The minimum atomic E-state index is 0. The van der Waals surface area contributed by atoms with E-state index in [1.165, 1.54) is 5.56 Å². The number of hydrogen-bond acceptors (Lipinski definition) is 4. The number of fused-ring (bicyclic) bond motifs is 1. The van der Waals surface area contributed by atoms with Crippen LogP contribution in [0.4, 0.5) is 0 Å². The fraction of sp³-hybridized carbons (Fsp3) is 0.526. The number of aryl methyl sites for hydroxylation is 1. The molecule has 1 aromatic heterocycles. The predicted molar refractivity (Wildman–Crippen MR) is 102 cm³/mol. The molecule has 1 saturated heterocycles. The van der Waals surface area contributed by atoms with Crippen LogP contribution in [0.3, 0.4) is 0 Å². The van der Waals surface area contributed by atoms with E-state index in [-0.39, 0.29) is 18.3 Å². The summed E-state index contributed by atoms with van der Waals surface area (Å²) in [6, 6.07) is 8.14. The standard InChI is InChI=1S/C19H25N5O.ClH/c1-14-4-2-3-5-16(14)12-18(25)23-9-6-15(7-10-23)19-22-21-17-13-20-8-11-24(17)19;/h2-5,15,20H,6-13H2,1H3;1H. The summed E-state index contributed by atoms with van der Waals surface area (Å²) in [6.07, 6.45) is 2.46. The lowest BCUT2D eigenvalue weighted by Crippen LogP contribution is -2.39. The van der Waals surface area contributed by atoms with Gasteiger partial charge < -0.3 is 14.8 Å². The van der Waals surface area contributed by atoms with E-state index in [2.05, 4.69) is 39.1 Å². The number of benzene rings is 1. The zero-order valence-corrected chi connectivity index (χ0v) is 16.0. The number of nitrogens with zero attached hydrogens (tertiary/aromatic N) is 4. The van der Waals surface area contributed by atoms with Crippen molar-refractivity contribution in [2.24, 2.45) is 0 Å². The SMILES string of the molecule is Cc1ccccc1CC(=O)N1CCC(c2nnc3n2CCNC3)CC1.Cl. The third kappa shape index (κ3) is 3.76. The molecule has 1 fully saturated rings. The first-order valence-electron chi connectivity index (χ1n) is 9.17. The smallest absolute Gasteiger partial charge is 0.226 e. The summed E-state index contributed by atoms with van der Waals surface area (Å²) in [5.74, 6) is 2.81. The molecule has 0 radical (unpaired) electrons. The average Bonchev–Trinajstić information content (AvgIpc) is 3.08. The van der Waals surface area contributed by atoms with Gasteiger partial charge in [-0.15, -0.1) is 22.6 Å². The van der Waals surface area contributed by atoms with Gasteiger partial charge in [0.25, 0.3) is 0 Å². The van der Waals surface area contributed by atoms with E-state index in [0.717, 1.165) is 62.8 Å². The first kappa shape index (κ1) is 18.9. The zero-order chi connectivity index (χ0) is 17.2. The number of halogens is 1. The van der Waals surface area contributed by atoms with E-state index in [0.29, 0.717) is 12.3 Å². The van der Waals surface area contributed by atoms with Crippen LogP contribution in [0.5, 0.6) is 0 Å². The zero-order valence-electron chi connectivity index (χ0n) is 15.1. The molecule has 6 nitrogen and oxygen atoms in total. The van der Waals surface area contributed by atoms with Crippen molar-refractivity contribution in [2.45, 2.75) is 45.2 Å². The second-order valence-corrected chi connectivity index (χ2v) is 7.06. The van der Waals surface area contributed by atoms with Gasteiger partial charge >= 0.3 is 0 Å². The van der Waals surface area contributed by atoms with Crippen LogP contribution in [-0.2, 0) is 24.3 Å². The van der Waals surface area contributed by atoms with Crippen molar-refractivity contribution in [2.75, 3.05) is 19.6 Å². The Bertz CT molecular complexity index is 767. The topological polar surface area (TPSA) is 63.1 Å². The maximum absolute atomic E-state index is 12.6. The lowest BCUT2D eigenvalue weighted by atomic mass is 9.95. The Morgan fingerprint density at radius 2 is 1.96 bits per heavy atom. The maximum Gasteiger partial charge on any atom is 0.226 e. The molecule has 3 heterocycles. The Balaban J connectivity index is 0.00000196. The molecule has 4 rings (SSSR count). The third-order valence-corrected chi connectivity index (χ3v) is 5.47. The molecule has 26 heavy (non-hydrogen) atoms. The number of piperidine rings is 1. The highest BCUT2D eigenvalue weighted by Crippen LogP contribution is 2.28. The Hall–Kier alpha value is -1.92. The largest absolute Gasteiger partial charge is 0.342 e. The molecule has 140 valence electrons. The number of hydrogen-bond donors (Lipinski definition) is 1. The summed E-state index contributed by atoms with van der Waals surface area (Å²) >= 11 is 0. The normalized spacial score (nSPS) is 17.5. The summed E-state index contributed by atoms with van der Waals surface area (Å²) in [5.41, 5.74) is 2.32. The highest BCUT2D eigenvalue weighted by Gasteiger charge is 2.28. The minimum absolute atomic E-state index is 0. The second kappa shape index (κ2) is 8.18. The van der Waals surface area contributed by atoms with Gasteiger partial charge in [0.05, 0.1) is 13.0 Å². The quantitative estimate of drug-likeness (QED) is 0.891. The van der Waals surface area contributed by atoms with E-state index < -0.39 is 0 Å². The number of aromatic nitrogens is 3. The molecule has 2 aromatic rings. The van der Waals surface area contributed by atoms with Gasteiger partial charge in [0, 0.05) is 32.1 Å². The van der Waals surface area contributed by atoms with Crippen molar-refractivity contribution < 1.29 is 4.79 Å². The molecule has 0 spiro atoms. The lowest BCUT2D eigenvalue weighted by Gasteiger charge is -2.32. The van der Waals surface area contributed by atoms with Crippen LogP contribution >= 0.6 is 12.4 Å². The van der Waals surface area contributed by atoms with Crippen LogP contribution in [0, 0.1) is 6.92 Å². The molecule has 0 saturated carbocycles. The molecule has 2 aliphatic heterocycles. The van der Waals surface area contributed by atoms with E-state index in [1.807, 2.05) is 17.0 Å². The van der Waals surface area contributed by atoms with Gasteiger partial charge in [-0.25, -0.2) is 0 Å². The van der Waals surface area contributed by atoms with E-state index in [9.17, 15) is 4.79 Å². The van der Waals surface area contributed by atoms with Gasteiger partial charge in [-0.1, -0.05) is 24.3 Å². The molecule has 2 aliphatic rings. The molecule has 0 aliphatic carbocycles. The van der Waals surface area contributed by atoms with Gasteiger partial charge in [0.15, 0.2) is 0 Å². The highest BCUT2D eigenvalue weighted by molar-refractivity contribution is 5.85. The summed E-state index contributed by atoms with van der Waals surface area (Å²) in [5, 5.41) is 12.1. The molecule has 0 atom stereocenters. The minimum Gasteiger partial charge on any atom is -0.342 e. The van der Waals surface area contributed by atoms with Gasteiger partial charge in [0.1, 0.15) is 11.6 Å². The predicted octanol–water partition coefficient (Wildman–Crippen LogP) is 2.06. The Labute approximate surface area is 160 Å². The molecule has 1 N–H and O–H groups in total. The number of nitrogens with one attached hydrogen (secondary N) is 1. The number of carbonyl (C=O) groups excluding carboxylic acids is 1. The van der Waals surface area contributed by atoms with E-state index in [4.69, 9.17) is 0 Å². The van der Waals surface area contributed by atoms with Crippen molar-refractivity contribution in [1.82, 2.24) is 25.0 Å². The Morgan fingerprint density at radius 1 is 1.19 bits per heavy atom. The van der Waals surface area contributed by atoms with Crippen molar-refractivity contribution in [3.8, 4) is 0 Å². The van der Waals surface area contributed by atoms with Crippen molar-refractivity contribution in [3.63, 3.8) is 0 Å². The fourth-order valence-corrected chi connectivity index (χ4v) is 3.89. The van der Waals surface area contributed by atoms with Gasteiger partial charge in [-0.05, 0) is 30.9 Å². The van der Waals surface area contributed by atoms with Crippen molar-refractivity contribution in [3.05, 3.63) is 47.0 Å². The second-order valence-electron chi connectivity index (χ2n) is 7.06. The van der Waals surface area contributed by atoms with Crippen LogP contribution in [0.15, 0.2) is 24.3 Å². The van der Waals surface area contributed by atoms with Gasteiger partial charge in [0.2, 0.25) is 5.91 Å². The number of carbonyl (C=O) groups is 1. The molecule has 1 amide bonds. The van der Waals surface area contributed by atoms with Crippen LogP contribution in [0.1, 0.15) is 41.5 Å². The first-order valence-corrected chi connectivity index (χ1v) is 9.17. The lowest BCUT2D eigenvalue weighted by molar-refractivity contribution is -0.131. The van der Waals surface area contributed by atoms with Crippen molar-refractivity contribution >= 4 is 18.3 Å². The summed E-state index contributed by atoms with van der Waals surface area (Å²) in [4.78, 5) is 14.6. The summed E-state index contributed by atoms with van der Waals surface area (Å²) in [6.45, 7) is 6.43. The molecule has 7 heteroatoms. The molecule has 0 unspecified atom stereocenters. The van der Waals surface area contributed by atoms with Crippen molar-refractivity contribution in [1.29, 1.82) is 0 Å². The molecule has 0 bridgehead atoms. The van der Waals surface area contributed by atoms with E-state index >= 15 is 0 Å². The molecule has 1 aromatic carbocycles. The van der Waals surface area contributed by atoms with Gasteiger partial charge in [-0.3, -0.25) is 4.79 Å². The Morgan fingerprint density at radius 3 is 2.73 bits per heavy atom. The van der Waals surface area contributed by atoms with Crippen LogP contribution in [0.2, 0.25) is 0 Å². The highest BCUT2D eigenvalue weighted by atomic mass is 35.5. The monoisotopic (exact) mass is 375 g/mol. The number of likely N-dealkylation sites (tertiary alicyclic amines) is 1. The first-order chi connectivity index (χ1) is 12.2. The third-order valence-electron chi connectivity index (χ3n) is 5.47. The number of amides is 1. The summed E-state index contributed by atoms with van der Waals surface area (Å²) in [7, 11) is 0. The van der Waals surface area contributed by atoms with Crippen LogP contribution in [-0.4, -0.2) is 45.2 Å². The average molecular weight is 376 g/mol. The Kier molecular flexibility index (Phi) is 5.94.